The van der Waals surface area contributed by atoms with E-state index in [9.17, 15) is 24.3 Å². The predicted octanol–water partition coefficient (Wildman–Crippen LogP) is 0.891. The summed E-state index contributed by atoms with van der Waals surface area (Å²) in [5.41, 5.74) is -2.67. The Hall–Kier alpha value is -1.74. The molecule has 0 fully saturated rings. The number of carbonyl (C=O) groups is 4. The molecular formula is C20H38O8Si. The van der Waals surface area contributed by atoms with Gasteiger partial charge in [-0.05, 0) is 37.2 Å². The molecule has 0 aliphatic carbocycles. The fourth-order valence-electron chi connectivity index (χ4n) is 2.43. The van der Waals surface area contributed by atoms with Crippen LogP contribution in [-0.2, 0) is 33.4 Å². The average molecular weight is 435 g/mol. The standard InChI is InChI=1S/C20H34O8.H4Si/c1-5-8-11-26-16(22)14-20(25,19(24)28-13-10-7-3)17(15(4)21)18(23)27-12-9-6-2;/h17,25H,5-14H2,1-4H3;1H4. The number of carbonyl (C=O) groups excluding carboxylic acids is 4. The third-order valence-corrected chi connectivity index (χ3v) is 4.12. The Labute approximate surface area is 177 Å². The summed E-state index contributed by atoms with van der Waals surface area (Å²) in [5.74, 6) is -5.82. The molecule has 0 rings (SSSR count). The van der Waals surface area contributed by atoms with E-state index in [0.717, 1.165) is 26.2 Å². The highest BCUT2D eigenvalue weighted by Gasteiger charge is 2.54. The summed E-state index contributed by atoms with van der Waals surface area (Å²) in [4.78, 5) is 49.2. The Bertz CT molecular complexity index is 523. The van der Waals surface area contributed by atoms with Gasteiger partial charge in [0.05, 0.1) is 26.2 Å². The van der Waals surface area contributed by atoms with E-state index in [-0.39, 0.29) is 30.8 Å². The highest BCUT2D eigenvalue weighted by atomic mass is 28.1. The zero-order valence-corrected chi connectivity index (χ0v) is 17.5. The van der Waals surface area contributed by atoms with Gasteiger partial charge in [0.25, 0.3) is 0 Å². The largest absolute Gasteiger partial charge is 0.466 e. The van der Waals surface area contributed by atoms with Crippen LogP contribution in [-0.4, -0.2) is 65.2 Å². The van der Waals surface area contributed by atoms with E-state index in [1.807, 2.05) is 20.8 Å². The minimum Gasteiger partial charge on any atom is -0.466 e. The number of Topliss-reactive ketones (excluding diaryl/α,β-unsaturated/α-hetero) is 1. The van der Waals surface area contributed by atoms with Crippen LogP contribution in [0.5, 0.6) is 0 Å². The van der Waals surface area contributed by atoms with Crippen LogP contribution in [0.4, 0.5) is 0 Å². The van der Waals surface area contributed by atoms with Crippen LogP contribution in [0.1, 0.15) is 72.6 Å². The van der Waals surface area contributed by atoms with Gasteiger partial charge in [-0.25, -0.2) is 4.79 Å². The Kier molecular flexibility index (Phi) is 16.4. The zero-order valence-electron chi connectivity index (χ0n) is 17.5. The van der Waals surface area contributed by atoms with Crippen molar-refractivity contribution in [1.29, 1.82) is 0 Å². The van der Waals surface area contributed by atoms with Gasteiger partial charge in [0.2, 0.25) is 0 Å². The van der Waals surface area contributed by atoms with E-state index in [1.165, 1.54) is 0 Å². The number of ketones is 1. The number of hydrogen-bond donors (Lipinski definition) is 1. The smallest absolute Gasteiger partial charge is 0.340 e. The van der Waals surface area contributed by atoms with Crippen molar-refractivity contribution in [3.8, 4) is 0 Å². The quantitative estimate of drug-likeness (QED) is 0.133. The maximum absolute atomic E-state index is 12.5. The molecule has 0 saturated heterocycles. The minimum absolute atomic E-state index is 0. The molecule has 9 heteroatoms. The number of esters is 3. The third kappa shape index (κ3) is 10.6. The second-order valence-corrected chi connectivity index (χ2v) is 6.73. The number of hydrogen-bond acceptors (Lipinski definition) is 8. The van der Waals surface area contributed by atoms with Gasteiger partial charge in [-0.2, -0.15) is 0 Å². The predicted molar refractivity (Wildman–Crippen MR) is 113 cm³/mol. The van der Waals surface area contributed by atoms with Crippen molar-refractivity contribution in [3.63, 3.8) is 0 Å². The van der Waals surface area contributed by atoms with Gasteiger partial charge < -0.3 is 19.3 Å². The molecule has 1 N–H and O–H groups in total. The molecule has 0 aromatic rings. The minimum atomic E-state index is -2.67. The molecule has 2 atom stereocenters. The Morgan fingerprint density at radius 2 is 1.28 bits per heavy atom. The van der Waals surface area contributed by atoms with Crippen molar-refractivity contribution < 1.29 is 38.5 Å². The van der Waals surface area contributed by atoms with Gasteiger partial charge in [0.15, 0.2) is 11.5 Å². The van der Waals surface area contributed by atoms with Gasteiger partial charge in [0, 0.05) is 0 Å². The second kappa shape index (κ2) is 16.1. The molecule has 170 valence electrons. The molecule has 2 unspecified atom stereocenters. The molecule has 0 aromatic heterocycles. The summed E-state index contributed by atoms with van der Waals surface area (Å²) in [6, 6.07) is 0. The molecule has 0 radical (unpaired) electrons. The molecule has 29 heavy (non-hydrogen) atoms. The zero-order chi connectivity index (χ0) is 21.6. The average Bonchev–Trinajstić information content (AvgIpc) is 2.61. The fraction of sp³-hybridized carbons (Fsp3) is 0.800. The van der Waals surface area contributed by atoms with Crippen molar-refractivity contribution in [2.45, 2.75) is 78.2 Å². The first-order valence-corrected chi connectivity index (χ1v) is 9.96. The fourth-order valence-corrected chi connectivity index (χ4v) is 2.43. The highest BCUT2D eigenvalue weighted by molar-refractivity contribution is 6.05. The summed E-state index contributed by atoms with van der Waals surface area (Å²) < 4.78 is 15.0. The van der Waals surface area contributed by atoms with E-state index >= 15 is 0 Å². The first-order valence-electron chi connectivity index (χ1n) is 9.96. The lowest BCUT2D eigenvalue weighted by molar-refractivity contribution is -0.187. The second-order valence-electron chi connectivity index (χ2n) is 6.73. The number of unbranched alkanes of at least 4 members (excludes halogenated alkanes) is 3. The van der Waals surface area contributed by atoms with E-state index < -0.39 is 41.6 Å². The Balaban J connectivity index is 0. The summed E-state index contributed by atoms with van der Waals surface area (Å²) in [5, 5.41) is 11.0. The van der Waals surface area contributed by atoms with Crippen LogP contribution in [0.3, 0.4) is 0 Å². The normalized spacial score (nSPS) is 13.4. The molecule has 8 nitrogen and oxygen atoms in total. The highest BCUT2D eigenvalue weighted by Crippen LogP contribution is 2.27. The maximum atomic E-state index is 12.5. The molecular weight excluding hydrogens is 396 g/mol. The van der Waals surface area contributed by atoms with E-state index in [0.29, 0.717) is 19.3 Å². The first-order chi connectivity index (χ1) is 13.2. The monoisotopic (exact) mass is 434 g/mol. The lowest BCUT2D eigenvalue weighted by atomic mass is 9.81. The summed E-state index contributed by atoms with van der Waals surface area (Å²) in [7, 11) is 0. The van der Waals surface area contributed by atoms with Gasteiger partial charge in [-0.15, -0.1) is 0 Å². The van der Waals surface area contributed by atoms with Crippen molar-refractivity contribution in [2.24, 2.45) is 5.92 Å². The van der Waals surface area contributed by atoms with Crippen molar-refractivity contribution >= 4 is 34.7 Å². The Morgan fingerprint density at radius 3 is 1.72 bits per heavy atom. The van der Waals surface area contributed by atoms with Gasteiger partial charge in [-0.3, -0.25) is 14.4 Å². The lowest BCUT2D eigenvalue weighted by Gasteiger charge is -2.30. The van der Waals surface area contributed by atoms with Crippen LogP contribution in [0.2, 0.25) is 0 Å². The molecule has 0 spiro atoms. The van der Waals surface area contributed by atoms with Crippen LogP contribution >= 0.6 is 0 Å². The molecule has 0 aliphatic rings. The molecule has 0 amide bonds. The molecule has 0 heterocycles. The summed E-state index contributed by atoms with van der Waals surface area (Å²) in [6.45, 7) is 6.89. The van der Waals surface area contributed by atoms with Gasteiger partial charge >= 0.3 is 17.9 Å². The summed E-state index contributed by atoms with van der Waals surface area (Å²) >= 11 is 0. The van der Waals surface area contributed by atoms with Crippen LogP contribution < -0.4 is 0 Å². The van der Waals surface area contributed by atoms with Crippen LogP contribution in [0.15, 0.2) is 0 Å². The number of ether oxygens (including phenoxy) is 3. The van der Waals surface area contributed by atoms with Crippen LogP contribution in [0.25, 0.3) is 0 Å². The third-order valence-electron chi connectivity index (χ3n) is 4.12. The number of aliphatic hydroxyl groups is 1. The maximum Gasteiger partial charge on any atom is 0.340 e. The van der Waals surface area contributed by atoms with Crippen molar-refractivity contribution in [1.82, 2.24) is 0 Å². The van der Waals surface area contributed by atoms with Crippen molar-refractivity contribution in [3.05, 3.63) is 0 Å². The topological polar surface area (TPSA) is 116 Å². The van der Waals surface area contributed by atoms with E-state index in [2.05, 4.69) is 0 Å². The number of rotatable bonds is 15. The van der Waals surface area contributed by atoms with Crippen LogP contribution in [0, 0.1) is 5.92 Å². The molecule has 0 aliphatic heterocycles. The first kappa shape index (κ1) is 29.5. The molecule has 0 saturated carbocycles. The molecule has 0 bridgehead atoms. The van der Waals surface area contributed by atoms with Gasteiger partial charge in [0.1, 0.15) is 5.78 Å². The molecule has 0 aromatic carbocycles. The summed E-state index contributed by atoms with van der Waals surface area (Å²) in [6.07, 6.45) is 3.12. The van der Waals surface area contributed by atoms with E-state index in [1.54, 1.807) is 0 Å². The lowest BCUT2D eigenvalue weighted by Crippen LogP contribution is -2.55. The SMILES string of the molecule is CCCCOC(=O)CC(O)(C(=O)OCCCC)C(C(C)=O)C(=O)OCCCC.[SiH4]. The van der Waals surface area contributed by atoms with E-state index in [4.69, 9.17) is 14.2 Å². The van der Waals surface area contributed by atoms with Gasteiger partial charge in [-0.1, -0.05) is 40.0 Å². The Morgan fingerprint density at radius 1 is 0.828 bits per heavy atom. The van der Waals surface area contributed by atoms with Crippen molar-refractivity contribution in [2.75, 3.05) is 19.8 Å².